The number of carboxylic acids is 1. The van der Waals surface area contributed by atoms with Gasteiger partial charge in [0.2, 0.25) is 0 Å². The molecule has 0 radical (unpaired) electrons. The minimum Gasteiger partial charge on any atom is -0.478 e. The molecule has 2 atom stereocenters. The molecule has 0 amide bonds. The number of carboxylic acid groups (broad SMARTS) is 1. The van der Waals surface area contributed by atoms with Crippen molar-refractivity contribution in [2.24, 2.45) is 5.92 Å². The summed E-state index contributed by atoms with van der Waals surface area (Å²) in [5, 5.41) is 12.0. The van der Waals surface area contributed by atoms with Crippen LogP contribution in [0.1, 0.15) is 25.7 Å². The fraction of sp³-hybridized carbons (Fsp3) is 0.667. The summed E-state index contributed by atoms with van der Waals surface area (Å²) < 4.78 is 0. The van der Waals surface area contributed by atoms with Crippen LogP contribution in [0.3, 0.4) is 0 Å². The molecule has 66 valence electrons. The van der Waals surface area contributed by atoms with Crippen LogP contribution in [0.15, 0.2) is 11.8 Å². The van der Waals surface area contributed by atoms with Crippen molar-refractivity contribution in [3.8, 4) is 0 Å². The monoisotopic (exact) mass is 167 g/mol. The van der Waals surface area contributed by atoms with Crippen molar-refractivity contribution >= 4 is 5.97 Å². The molecule has 3 nitrogen and oxygen atoms in total. The predicted molar refractivity (Wildman–Crippen MR) is 44.6 cm³/mol. The predicted octanol–water partition coefficient (Wildman–Crippen LogP) is 1.12. The molecule has 1 aliphatic heterocycles. The topological polar surface area (TPSA) is 49.3 Å². The zero-order chi connectivity index (χ0) is 8.55. The molecule has 2 N–H and O–H groups in total. The minimum atomic E-state index is -0.753. The van der Waals surface area contributed by atoms with Crippen LogP contribution in [0.2, 0.25) is 0 Å². The Morgan fingerprint density at radius 3 is 3.00 bits per heavy atom. The summed E-state index contributed by atoms with van der Waals surface area (Å²) in [5.41, 5.74) is 0.583. The number of fused-ring (bicyclic) bond motifs is 1. The molecule has 3 heteroatoms. The summed E-state index contributed by atoms with van der Waals surface area (Å²) in [4.78, 5) is 10.7. The maximum atomic E-state index is 10.7. The zero-order valence-corrected chi connectivity index (χ0v) is 6.92. The molecule has 0 aromatic rings. The maximum absolute atomic E-state index is 10.7. The van der Waals surface area contributed by atoms with Gasteiger partial charge in [-0.15, -0.1) is 0 Å². The number of rotatable bonds is 1. The lowest BCUT2D eigenvalue weighted by atomic mass is 9.82. The molecule has 1 heterocycles. The molecule has 1 aliphatic carbocycles. The second kappa shape index (κ2) is 2.81. The van der Waals surface area contributed by atoms with Gasteiger partial charge in [-0.25, -0.2) is 4.79 Å². The molecule has 0 aromatic heterocycles. The molecule has 0 bridgehead atoms. The number of nitrogens with one attached hydrogen (secondary N) is 1. The lowest BCUT2D eigenvalue weighted by Gasteiger charge is -2.26. The largest absolute Gasteiger partial charge is 0.478 e. The Hall–Kier alpha value is -0.990. The standard InChI is InChI=1S/C9H13NO2/c11-9(12)7-5-10-8-4-2-1-3-6(7)8/h5-6,8,10H,1-4H2,(H,11,12). The lowest BCUT2D eigenvalue weighted by Crippen LogP contribution is -2.31. The van der Waals surface area contributed by atoms with Crippen LogP contribution in [0.4, 0.5) is 0 Å². The van der Waals surface area contributed by atoms with Crippen molar-refractivity contribution in [3.05, 3.63) is 11.8 Å². The van der Waals surface area contributed by atoms with Gasteiger partial charge < -0.3 is 10.4 Å². The summed E-state index contributed by atoms with van der Waals surface area (Å²) in [6.07, 6.45) is 6.25. The van der Waals surface area contributed by atoms with Gasteiger partial charge in [0, 0.05) is 18.2 Å². The summed E-state index contributed by atoms with van der Waals surface area (Å²) in [6, 6.07) is 0.407. The van der Waals surface area contributed by atoms with E-state index in [1.165, 1.54) is 12.8 Å². The van der Waals surface area contributed by atoms with Gasteiger partial charge in [-0.2, -0.15) is 0 Å². The third-order valence-corrected chi connectivity index (χ3v) is 2.87. The highest BCUT2D eigenvalue weighted by atomic mass is 16.4. The first-order valence-corrected chi connectivity index (χ1v) is 4.48. The number of aliphatic carboxylic acids is 1. The van der Waals surface area contributed by atoms with Gasteiger partial charge in [0.05, 0.1) is 5.57 Å². The van der Waals surface area contributed by atoms with Crippen LogP contribution in [0, 0.1) is 5.92 Å². The quantitative estimate of drug-likeness (QED) is 0.615. The first-order valence-electron chi connectivity index (χ1n) is 4.48. The second-order valence-corrected chi connectivity index (χ2v) is 3.57. The van der Waals surface area contributed by atoms with E-state index in [2.05, 4.69) is 5.32 Å². The Morgan fingerprint density at radius 1 is 1.50 bits per heavy atom. The molecule has 0 saturated heterocycles. The van der Waals surface area contributed by atoms with Crippen LogP contribution >= 0.6 is 0 Å². The number of hydrogen-bond donors (Lipinski definition) is 2. The Balaban J connectivity index is 2.13. The van der Waals surface area contributed by atoms with E-state index in [4.69, 9.17) is 5.11 Å². The third kappa shape index (κ3) is 1.09. The Bertz CT molecular complexity index is 235. The normalized spacial score (nSPS) is 33.5. The highest BCUT2D eigenvalue weighted by molar-refractivity contribution is 5.87. The van der Waals surface area contributed by atoms with Crippen LogP contribution in [-0.4, -0.2) is 17.1 Å². The molecular weight excluding hydrogens is 154 g/mol. The van der Waals surface area contributed by atoms with Crippen molar-refractivity contribution in [3.63, 3.8) is 0 Å². The molecule has 2 unspecified atom stereocenters. The Kier molecular flexibility index (Phi) is 1.79. The van der Waals surface area contributed by atoms with E-state index in [1.54, 1.807) is 6.20 Å². The minimum absolute atomic E-state index is 0.274. The van der Waals surface area contributed by atoms with Crippen LogP contribution in [0.25, 0.3) is 0 Å². The Labute approximate surface area is 71.5 Å². The lowest BCUT2D eigenvalue weighted by molar-refractivity contribution is -0.133. The fourth-order valence-corrected chi connectivity index (χ4v) is 2.23. The number of hydrogen-bond acceptors (Lipinski definition) is 2. The second-order valence-electron chi connectivity index (χ2n) is 3.57. The van der Waals surface area contributed by atoms with Crippen molar-refractivity contribution in [2.45, 2.75) is 31.7 Å². The molecule has 2 rings (SSSR count). The van der Waals surface area contributed by atoms with E-state index in [9.17, 15) is 4.79 Å². The van der Waals surface area contributed by atoms with Gasteiger partial charge >= 0.3 is 5.97 Å². The SMILES string of the molecule is O=C(O)C1=CNC2CCCCC12. The molecule has 0 aromatic carbocycles. The zero-order valence-electron chi connectivity index (χ0n) is 6.92. The average Bonchev–Trinajstić information content (AvgIpc) is 2.47. The summed E-state index contributed by atoms with van der Waals surface area (Å²) in [6.45, 7) is 0. The summed E-state index contributed by atoms with van der Waals surface area (Å²) >= 11 is 0. The molecule has 1 saturated carbocycles. The maximum Gasteiger partial charge on any atom is 0.333 e. The van der Waals surface area contributed by atoms with Gasteiger partial charge in [0.1, 0.15) is 0 Å². The van der Waals surface area contributed by atoms with Crippen LogP contribution in [0.5, 0.6) is 0 Å². The Morgan fingerprint density at radius 2 is 2.25 bits per heavy atom. The van der Waals surface area contributed by atoms with Crippen LogP contribution < -0.4 is 5.32 Å². The molecule has 2 aliphatic rings. The highest BCUT2D eigenvalue weighted by Crippen LogP contribution is 2.33. The molecule has 0 spiro atoms. The summed E-state index contributed by atoms with van der Waals surface area (Å²) in [5.74, 6) is -0.479. The van der Waals surface area contributed by atoms with E-state index in [-0.39, 0.29) is 5.92 Å². The van der Waals surface area contributed by atoms with Crippen molar-refractivity contribution in [1.29, 1.82) is 0 Å². The van der Waals surface area contributed by atoms with Gasteiger partial charge in [0.15, 0.2) is 0 Å². The van der Waals surface area contributed by atoms with Crippen LogP contribution in [-0.2, 0) is 4.79 Å². The molecule has 1 fully saturated rings. The fourth-order valence-electron chi connectivity index (χ4n) is 2.23. The first kappa shape index (κ1) is 7.65. The van der Waals surface area contributed by atoms with Crippen molar-refractivity contribution in [1.82, 2.24) is 5.32 Å². The smallest absolute Gasteiger partial charge is 0.333 e. The van der Waals surface area contributed by atoms with E-state index >= 15 is 0 Å². The molecule has 12 heavy (non-hydrogen) atoms. The first-order chi connectivity index (χ1) is 5.79. The summed E-state index contributed by atoms with van der Waals surface area (Å²) in [7, 11) is 0. The van der Waals surface area contributed by atoms with Crippen molar-refractivity contribution < 1.29 is 9.90 Å². The highest BCUT2D eigenvalue weighted by Gasteiger charge is 2.34. The van der Waals surface area contributed by atoms with Gasteiger partial charge in [-0.3, -0.25) is 0 Å². The van der Waals surface area contributed by atoms with E-state index in [0.717, 1.165) is 12.8 Å². The van der Waals surface area contributed by atoms with E-state index in [1.807, 2.05) is 0 Å². The van der Waals surface area contributed by atoms with Gasteiger partial charge in [-0.05, 0) is 12.8 Å². The average molecular weight is 167 g/mol. The van der Waals surface area contributed by atoms with Crippen molar-refractivity contribution in [2.75, 3.05) is 0 Å². The van der Waals surface area contributed by atoms with Gasteiger partial charge in [0.25, 0.3) is 0 Å². The number of carbonyl (C=O) groups is 1. The van der Waals surface area contributed by atoms with E-state index < -0.39 is 5.97 Å². The van der Waals surface area contributed by atoms with E-state index in [0.29, 0.717) is 11.6 Å². The third-order valence-electron chi connectivity index (χ3n) is 2.87. The molecular formula is C9H13NO2. The van der Waals surface area contributed by atoms with Gasteiger partial charge in [-0.1, -0.05) is 12.8 Å².